The summed E-state index contributed by atoms with van der Waals surface area (Å²) in [5.74, 6) is 0.531. The third-order valence-corrected chi connectivity index (χ3v) is 10.0. The average Bonchev–Trinajstić information content (AvgIpc) is 3.41. The fourth-order valence-electron chi connectivity index (χ4n) is 3.64. The van der Waals surface area contributed by atoms with E-state index in [4.69, 9.17) is 0 Å². The molecule has 0 saturated carbocycles. The number of hydrogen-bond donors (Lipinski definition) is 0. The van der Waals surface area contributed by atoms with E-state index < -0.39 is 16.1 Å². The van der Waals surface area contributed by atoms with Crippen molar-refractivity contribution in [2.24, 2.45) is 4.99 Å². The van der Waals surface area contributed by atoms with Gasteiger partial charge in [-0.15, -0.1) is 11.3 Å². The minimum Gasteiger partial charge on any atom is -0.316 e. The van der Waals surface area contributed by atoms with Crippen molar-refractivity contribution in [3.05, 3.63) is 46.6 Å². The number of carbonyl (C=O) groups is 1. The minimum absolute atomic E-state index is 0.277. The molecule has 160 valence electrons. The summed E-state index contributed by atoms with van der Waals surface area (Å²) in [6.07, 6.45) is 4.13. The Morgan fingerprint density at radius 2 is 2.07 bits per heavy atom. The van der Waals surface area contributed by atoms with E-state index in [0.29, 0.717) is 17.8 Å². The van der Waals surface area contributed by atoms with Crippen molar-refractivity contribution in [1.29, 1.82) is 0 Å². The number of piperidine rings is 1. The number of aromatic nitrogens is 1. The van der Waals surface area contributed by atoms with Crippen LogP contribution >= 0.6 is 34.4 Å². The number of carbonyl (C=O) groups excluding carboxylic acids is 1. The normalized spacial score (nSPS) is 18.8. The van der Waals surface area contributed by atoms with Crippen LogP contribution in [0.1, 0.15) is 19.3 Å². The molecule has 1 saturated heterocycles. The fourth-order valence-corrected chi connectivity index (χ4v) is 7.84. The number of benzene rings is 1. The zero-order chi connectivity index (χ0) is 21.1. The highest BCUT2D eigenvalue weighted by molar-refractivity contribution is 7.98. The van der Waals surface area contributed by atoms with Crippen molar-refractivity contribution in [2.75, 3.05) is 18.6 Å². The first-order valence-corrected chi connectivity index (χ1v) is 14.3. The SMILES string of the molecule is CSCCn1c(=NC(=O)C2CCCCN2S(=O)(=O)c2cccs2)sc2ccccc21. The molecule has 1 amide bonds. The van der Waals surface area contributed by atoms with Gasteiger partial charge in [0.1, 0.15) is 10.3 Å². The predicted molar refractivity (Wildman–Crippen MR) is 125 cm³/mol. The summed E-state index contributed by atoms with van der Waals surface area (Å²) in [5, 5.41) is 1.74. The molecule has 0 spiro atoms. The number of thiazole rings is 1. The molecule has 0 N–H and O–H groups in total. The lowest BCUT2D eigenvalue weighted by Crippen LogP contribution is -2.47. The molecule has 10 heteroatoms. The number of para-hydroxylation sites is 1. The first-order valence-electron chi connectivity index (χ1n) is 9.73. The molecule has 4 rings (SSSR count). The monoisotopic (exact) mass is 481 g/mol. The number of aryl methyl sites for hydroxylation is 1. The Labute approximate surface area is 188 Å². The fraction of sp³-hybridized carbons (Fsp3) is 0.400. The van der Waals surface area contributed by atoms with Crippen LogP contribution in [-0.2, 0) is 21.4 Å². The predicted octanol–water partition coefficient (Wildman–Crippen LogP) is 3.80. The highest BCUT2D eigenvalue weighted by Gasteiger charge is 2.38. The number of thiophene rings is 1. The standard InChI is InChI=1S/C20H23N3O3S4/c1-27-14-12-22-15-7-2-3-9-17(15)29-20(22)21-19(24)16-8-4-5-11-23(16)30(25,26)18-10-6-13-28-18/h2-3,6-7,9-10,13,16H,4-5,8,11-12,14H2,1H3. The minimum atomic E-state index is -3.69. The third kappa shape index (κ3) is 4.29. The van der Waals surface area contributed by atoms with Crippen LogP contribution < -0.4 is 4.80 Å². The molecule has 6 nitrogen and oxygen atoms in total. The zero-order valence-electron chi connectivity index (χ0n) is 16.6. The number of nitrogens with zero attached hydrogens (tertiary/aromatic N) is 3. The Kier molecular flexibility index (Phi) is 6.78. The number of sulfonamides is 1. The lowest BCUT2D eigenvalue weighted by atomic mass is 10.0. The van der Waals surface area contributed by atoms with Crippen LogP contribution in [0.4, 0.5) is 0 Å². The second-order valence-corrected chi connectivity index (χ2v) is 12.1. The van der Waals surface area contributed by atoms with Crippen molar-refractivity contribution in [3.8, 4) is 0 Å². The van der Waals surface area contributed by atoms with Crippen LogP contribution in [0.2, 0.25) is 0 Å². The number of thioether (sulfide) groups is 1. The molecule has 1 aliphatic rings. The molecule has 2 aromatic heterocycles. The highest BCUT2D eigenvalue weighted by Crippen LogP contribution is 2.28. The van der Waals surface area contributed by atoms with Gasteiger partial charge in [0.2, 0.25) is 0 Å². The summed E-state index contributed by atoms with van der Waals surface area (Å²) >= 11 is 4.39. The molecule has 1 aromatic carbocycles. The van der Waals surface area contributed by atoms with E-state index in [9.17, 15) is 13.2 Å². The molecule has 3 aromatic rings. The van der Waals surface area contributed by atoms with Gasteiger partial charge in [0, 0.05) is 18.8 Å². The van der Waals surface area contributed by atoms with Crippen molar-refractivity contribution < 1.29 is 13.2 Å². The van der Waals surface area contributed by atoms with E-state index in [2.05, 4.69) is 9.56 Å². The van der Waals surface area contributed by atoms with Crippen molar-refractivity contribution in [2.45, 2.75) is 36.1 Å². The molecular weight excluding hydrogens is 459 g/mol. The summed E-state index contributed by atoms with van der Waals surface area (Å²) in [4.78, 5) is 18.3. The van der Waals surface area contributed by atoms with E-state index in [1.807, 2.05) is 30.5 Å². The van der Waals surface area contributed by atoms with E-state index in [-0.39, 0.29) is 10.1 Å². The second-order valence-electron chi connectivity index (χ2n) is 7.01. The van der Waals surface area contributed by atoms with Crippen molar-refractivity contribution >= 4 is 60.6 Å². The molecular formula is C20H23N3O3S4. The molecule has 0 bridgehead atoms. The summed E-state index contributed by atoms with van der Waals surface area (Å²) < 4.78 is 31.0. The molecule has 0 radical (unpaired) electrons. The van der Waals surface area contributed by atoms with Gasteiger partial charge in [0.15, 0.2) is 4.80 Å². The summed E-state index contributed by atoms with van der Waals surface area (Å²) in [5.41, 5.74) is 1.05. The van der Waals surface area contributed by atoms with E-state index in [0.717, 1.165) is 35.4 Å². The molecule has 3 heterocycles. The maximum absolute atomic E-state index is 13.2. The first-order chi connectivity index (χ1) is 14.5. The Hall–Kier alpha value is -1.46. The van der Waals surface area contributed by atoms with Gasteiger partial charge in [0.05, 0.1) is 10.2 Å². The Morgan fingerprint density at radius 3 is 2.83 bits per heavy atom. The van der Waals surface area contributed by atoms with Gasteiger partial charge in [0.25, 0.3) is 15.9 Å². The van der Waals surface area contributed by atoms with Gasteiger partial charge in [-0.25, -0.2) is 8.42 Å². The van der Waals surface area contributed by atoms with Crippen LogP contribution in [0.5, 0.6) is 0 Å². The van der Waals surface area contributed by atoms with Crippen LogP contribution in [0.15, 0.2) is 51.0 Å². The maximum Gasteiger partial charge on any atom is 0.266 e. The number of rotatable bonds is 6. The first kappa shape index (κ1) is 21.8. The van der Waals surface area contributed by atoms with Gasteiger partial charge >= 0.3 is 0 Å². The van der Waals surface area contributed by atoms with Crippen LogP contribution in [0.3, 0.4) is 0 Å². The number of fused-ring (bicyclic) bond motifs is 1. The zero-order valence-corrected chi connectivity index (χ0v) is 19.8. The van der Waals surface area contributed by atoms with E-state index >= 15 is 0 Å². The summed E-state index contributed by atoms with van der Waals surface area (Å²) in [7, 11) is -3.69. The van der Waals surface area contributed by atoms with Gasteiger partial charge in [-0.3, -0.25) is 4.79 Å². The molecule has 1 unspecified atom stereocenters. The van der Waals surface area contributed by atoms with Crippen molar-refractivity contribution in [3.63, 3.8) is 0 Å². The smallest absolute Gasteiger partial charge is 0.266 e. The van der Waals surface area contributed by atoms with E-state index in [1.165, 1.54) is 27.0 Å². The molecule has 1 aliphatic heterocycles. The Morgan fingerprint density at radius 1 is 1.23 bits per heavy atom. The van der Waals surface area contributed by atoms with Crippen molar-refractivity contribution in [1.82, 2.24) is 8.87 Å². The lowest BCUT2D eigenvalue weighted by molar-refractivity contribution is -0.122. The van der Waals surface area contributed by atoms with Crippen LogP contribution in [0.25, 0.3) is 10.2 Å². The quantitative estimate of drug-likeness (QED) is 0.537. The van der Waals surface area contributed by atoms with Gasteiger partial charge < -0.3 is 4.57 Å². The van der Waals surface area contributed by atoms with Gasteiger partial charge in [-0.1, -0.05) is 36.0 Å². The van der Waals surface area contributed by atoms with Crippen LogP contribution in [0, 0.1) is 0 Å². The molecule has 1 atom stereocenters. The molecule has 1 fully saturated rings. The second kappa shape index (κ2) is 9.35. The topological polar surface area (TPSA) is 71.7 Å². The average molecular weight is 482 g/mol. The van der Waals surface area contributed by atoms with Gasteiger partial charge in [-0.2, -0.15) is 21.1 Å². The Balaban J connectivity index is 1.72. The summed E-state index contributed by atoms with van der Waals surface area (Å²) in [6.45, 7) is 1.10. The molecule has 0 aliphatic carbocycles. The van der Waals surface area contributed by atoms with E-state index in [1.54, 1.807) is 29.3 Å². The van der Waals surface area contributed by atoms with Gasteiger partial charge in [-0.05, 0) is 42.7 Å². The maximum atomic E-state index is 13.2. The third-order valence-electron chi connectivity index (χ3n) is 5.11. The lowest BCUT2D eigenvalue weighted by Gasteiger charge is -2.31. The highest BCUT2D eigenvalue weighted by atomic mass is 32.2. The van der Waals surface area contributed by atoms with Crippen LogP contribution in [-0.4, -0.2) is 47.8 Å². The number of hydrogen-bond acceptors (Lipinski definition) is 6. The largest absolute Gasteiger partial charge is 0.316 e. The Bertz CT molecular complexity index is 1200. The molecule has 30 heavy (non-hydrogen) atoms. The number of amides is 1. The summed E-state index contributed by atoms with van der Waals surface area (Å²) in [6, 6.07) is 10.6.